The van der Waals surface area contributed by atoms with E-state index < -0.39 is 11.9 Å². The standard InChI is InChI=1S/C14H20N2O3/c1-3-9-15-14(18)16-13(17)10-19-12-7-5-11(4-2)6-8-12/h5-8H,3-4,9-10H2,1-2H3,(H2,15,16,17,18). The van der Waals surface area contributed by atoms with Gasteiger partial charge in [0.2, 0.25) is 0 Å². The average Bonchev–Trinajstić information content (AvgIpc) is 2.43. The van der Waals surface area contributed by atoms with Crippen LogP contribution in [-0.2, 0) is 11.2 Å². The Labute approximate surface area is 113 Å². The fraction of sp³-hybridized carbons (Fsp3) is 0.429. The number of benzene rings is 1. The van der Waals surface area contributed by atoms with Crippen LogP contribution < -0.4 is 15.4 Å². The van der Waals surface area contributed by atoms with E-state index in [2.05, 4.69) is 17.6 Å². The third kappa shape index (κ3) is 5.90. The van der Waals surface area contributed by atoms with Gasteiger partial charge in [-0.1, -0.05) is 26.0 Å². The Morgan fingerprint density at radius 2 is 1.84 bits per heavy atom. The van der Waals surface area contributed by atoms with Gasteiger partial charge in [0.05, 0.1) is 0 Å². The van der Waals surface area contributed by atoms with E-state index >= 15 is 0 Å². The van der Waals surface area contributed by atoms with Gasteiger partial charge in [0.15, 0.2) is 6.61 Å². The van der Waals surface area contributed by atoms with Gasteiger partial charge < -0.3 is 10.1 Å². The molecular formula is C14H20N2O3. The third-order valence-electron chi connectivity index (χ3n) is 2.49. The highest BCUT2D eigenvalue weighted by Gasteiger charge is 2.07. The Morgan fingerprint density at radius 3 is 2.42 bits per heavy atom. The Morgan fingerprint density at radius 1 is 1.16 bits per heavy atom. The van der Waals surface area contributed by atoms with E-state index in [0.29, 0.717) is 12.3 Å². The zero-order chi connectivity index (χ0) is 14.1. The second-order valence-corrected chi connectivity index (χ2v) is 4.09. The molecule has 0 heterocycles. The number of aryl methyl sites for hydroxylation is 1. The molecule has 0 unspecified atom stereocenters. The lowest BCUT2D eigenvalue weighted by Gasteiger charge is -2.08. The van der Waals surface area contributed by atoms with Crippen molar-refractivity contribution in [2.75, 3.05) is 13.2 Å². The van der Waals surface area contributed by atoms with E-state index in [1.165, 1.54) is 5.56 Å². The van der Waals surface area contributed by atoms with E-state index in [-0.39, 0.29) is 6.61 Å². The van der Waals surface area contributed by atoms with Crippen LogP contribution in [0.3, 0.4) is 0 Å². The van der Waals surface area contributed by atoms with Gasteiger partial charge in [-0.15, -0.1) is 0 Å². The fourth-order valence-electron chi connectivity index (χ4n) is 1.42. The molecule has 0 spiro atoms. The first-order valence-electron chi connectivity index (χ1n) is 6.45. The topological polar surface area (TPSA) is 67.4 Å². The van der Waals surface area contributed by atoms with Crippen LogP contribution in [0.2, 0.25) is 0 Å². The maximum Gasteiger partial charge on any atom is 0.321 e. The quantitative estimate of drug-likeness (QED) is 0.824. The number of ether oxygens (including phenoxy) is 1. The highest BCUT2D eigenvalue weighted by atomic mass is 16.5. The number of rotatable bonds is 6. The van der Waals surface area contributed by atoms with Gasteiger partial charge in [0.1, 0.15) is 5.75 Å². The fourth-order valence-corrected chi connectivity index (χ4v) is 1.42. The Bertz CT molecular complexity index is 415. The molecule has 0 aliphatic heterocycles. The molecule has 0 saturated carbocycles. The summed E-state index contributed by atoms with van der Waals surface area (Å²) < 4.78 is 5.28. The van der Waals surface area contributed by atoms with Crippen molar-refractivity contribution in [3.63, 3.8) is 0 Å². The SMILES string of the molecule is CCCNC(=O)NC(=O)COc1ccc(CC)cc1. The van der Waals surface area contributed by atoms with E-state index in [9.17, 15) is 9.59 Å². The Kier molecular flexibility index (Phi) is 6.43. The molecule has 0 fully saturated rings. The maximum atomic E-state index is 11.4. The van der Waals surface area contributed by atoms with Crippen molar-refractivity contribution in [2.24, 2.45) is 0 Å². The molecule has 0 radical (unpaired) electrons. The van der Waals surface area contributed by atoms with Gasteiger partial charge in [0.25, 0.3) is 5.91 Å². The minimum absolute atomic E-state index is 0.176. The molecule has 0 saturated heterocycles. The van der Waals surface area contributed by atoms with E-state index in [4.69, 9.17) is 4.74 Å². The number of amides is 3. The maximum absolute atomic E-state index is 11.4. The summed E-state index contributed by atoms with van der Waals surface area (Å²) in [6, 6.07) is 7.02. The van der Waals surface area contributed by atoms with E-state index in [0.717, 1.165) is 12.8 Å². The monoisotopic (exact) mass is 264 g/mol. The molecule has 0 aliphatic carbocycles. The predicted octanol–water partition coefficient (Wildman–Crippen LogP) is 1.86. The molecule has 5 heteroatoms. The average molecular weight is 264 g/mol. The summed E-state index contributed by atoms with van der Waals surface area (Å²) >= 11 is 0. The summed E-state index contributed by atoms with van der Waals surface area (Å²) in [6.07, 6.45) is 1.78. The molecule has 0 aliphatic rings. The molecule has 2 N–H and O–H groups in total. The van der Waals surface area contributed by atoms with Crippen molar-refractivity contribution in [3.05, 3.63) is 29.8 Å². The normalized spacial score (nSPS) is 9.79. The summed E-state index contributed by atoms with van der Waals surface area (Å²) in [7, 11) is 0. The molecule has 3 amide bonds. The molecule has 19 heavy (non-hydrogen) atoms. The van der Waals surface area contributed by atoms with Crippen molar-refractivity contribution in [1.29, 1.82) is 0 Å². The molecule has 1 aromatic carbocycles. The lowest BCUT2D eigenvalue weighted by molar-refractivity contribution is -0.122. The minimum Gasteiger partial charge on any atom is -0.484 e. The predicted molar refractivity (Wildman–Crippen MR) is 73.1 cm³/mol. The lowest BCUT2D eigenvalue weighted by Crippen LogP contribution is -2.41. The van der Waals surface area contributed by atoms with Crippen molar-refractivity contribution in [2.45, 2.75) is 26.7 Å². The number of carbonyl (C=O) groups is 2. The largest absolute Gasteiger partial charge is 0.484 e. The Hall–Kier alpha value is -2.04. The van der Waals surface area contributed by atoms with Crippen LogP contribution in [0.25, 0.3) is 0 Å². The van der Waals surface area contributed by atoms with Crippen LogP contribution in [0, 0.1) is 0 Å². The molecule has 5 nitrogen and oxygen atoms in total. The van der Waals surface area contributed by atoms with Crippen molar-refractivity contribution < 1.29 is 14.3 Å². The first-order valence-corrected chi connectivity index (χ1v) is 6.45. The molecule has 0 atom stereocenters. The summed E-state index contributed by atoms with van der Waals surface area (Å²) in [4.78, 5) is 22.6. The molecule has 104 valence electrons. The van der Waals surface area contributed by atoms with Gasteiger partial charge in [0, 0.05) is 6.54 Å². The van der Waals surface area contributed by atoms with Crippen molar-refractivity contribution in [3.8, 4) is 5.75 Å². The second kappa shape index (κ2) is 8.13. The first-order chi connectivity index (χ1) is 9.15. The van der Waals surface area contributed by atoms with Crippen LogP contribution in [0.4, 0.5) is 4.79 Å². The van der Waals surface area contributed by atoms with Crippen LogP contribution in [0.15, 0.2) is 24.3 Å². The lowest BCUT2D eigenvalue weighted by atomic mass is 10.2. The van der Waals surface area contributed by atoms with Crippen LogP contribution in [-0.4, -0.2) is 25.1 Å². The summed E-state index contributed by atoms with van der Waals surface area (Å²) in [6.45, 7) is 4.37. The van der Waals surface area contributed by atoms with Gasteiger partial charge in [-0.2, -0.15) is 0 Å². The summed E-state index contributed by atoms with van der Waals surface area (Å²) in [5, 5.41) is 4.74. The van der Waals surface area contributed by atoms with Crippen molar-refractivity contribution in [1.82, 2.24) is 10.6 Å². The number of carbonyl (C=O) groups excluding carboxylic acids is 2. The van der Waals surface area contributed by atoms with E-state index in [1.54, 1.807) is 0 Å². The molecule has 0 bridgehead atoms. The summed E-state index contributed by atoms with van der Waals surface area (Å²) in [5.74, 6) is 0.148. The van der Waals surface area contributed by atoms with Gasteiger partial charge in [-0.05, 0) is 30.5 Å². The Balaban J connectivity index is 2.31. The van der Waals surface area contributed by atoms with Crippen LogP contribution in [0.1, 0.15) is 25.8 Å². The zero-order valence-corrected chi connectivity index (χ0v) is 11.4. The molecule has 0 aromatic heterocycles. The van der Waals surface area contributed by atoms with E-state index in [1.807, 2.05) is 31.2 Å². The number of imide groups is 1. The number of urea groups is 1. The summed E-state index contributed by atoms with van der Waals surface area (Å²) in [5.41, 5.74) is 1.20. The van der Waals surface area contributed by atoms with Crippen LogP contribution >= 0.6 is 0 Å². The highest BCUT2D eigenvalue weighted by Crippen LogP contribution is 2.12. The number of hydrogen-bond donors (Lipinski definition) is 2. The minimum atomic E-state index is -0.489. The molecular weight excluding hydrogens is 244 g/mol. The third-order valence-corrected chi connectivity index (χ3v) is 2.49. The smallest absolute Gasteiger partial charge is 0.321 e. The highest BCUT2D eigenvalue weighted by molar-refractivity contribution is 5.94. The van der Waals surface area contributed by atoms with Crippen LogP contribution in [0.5, 0.6) is 5.75 Å². The number of nitrogens with one attached hydrogen (secondary N) is 2. The van der Waals surface area contributed by atoms with Gasteiger partial charge in [-0.25, -0.2) is 4.79 Å². The first kappa shape index (κ1) is 15.0. The second-order valence-electron chi connectivity index (χ2n) is 4.09. The molecule has 1 rings (SSSR count). The molecule has 1 aromatic rings. The van der Waals surface area contributed by atoms with Crippen molar-refractivity contribution >= 4 is 11.9 Å². The zero-order valence-electron chi connectivity index (χ0n) is 11.4. The van der Waals surface area contributed by atoms with Gasteiger partial charge >= 0.3 is 6.03 Å². The van der Waals surface area contributed by atoms with Gasteiger partial charge in [-0.3, -0.25) is 10.1 Å². The number of hydrogen-bond acceptors (Lipinski definition) is 3.